The van der Waals surface area contributed by atoms with Gasteiger partial charge in [0.2, 0.25) is 5.91 Å². The third kappa shape index (κ3) is 3.16. The molecule has 2 aromatic carbocycles. The van der Waals surface area contributed by atoms with Gasteiger partial charge in [0.25, 0.3) is 0 Å². The number of methoxy groups -OCH3 is 1. The van der Waals surface area contributed by atoms with Crippen molar-refractivity contribution in [2.75, 3.05) is 20.3 Å². The number of carbonyl (C=O) groups is 1. The van der Waals surface area contributed by atoms with Crippen LogP contribution in [0.5, 0.6) is 11.5 Å². The zero-order chi connectivity index (χ0) is 18.1. The molecule has 0 saturated heterocycles. The summed E-state index contributed by atoms with van der Waals surface area (Å²) in [5, 5.41) is 0. The van der Waals surface area contributed by atoms with E-state index in [1.165, 1.54) is 12.0 Å². The lowest BCUT2D eigenvalue weighted by molar-refractivity contribution is -0.138. The number of fused-ring (bicyclic) bond motifs is 1. The molecule has 1 amide bonds. The number of hydrogen-bond acceptors (Lipinski definition) is 3. The molecule has 2 aromatic rings. The third-order valence-corrected chi connectivity index (χ3v) is 5.47. The average Bonchev–Trinajstić information content (AvgIpc) is 2.82. The molecule has 0 N–H and O–H groups in total. The fraction of sp³-hybridized carbons (Fsp3) is 0.409. The summed E-state index contributed by atoms with van der Waals surface area (Å²) in [5.41, 5.74) is 4.47. The SMILES string of the molecule is COc1cc(-c2ccc(C)cc2)cc2c1OCCN(C(=O)C1CCC1)C2. The Morgan fingerprint density at radius 1 is 1.15 bits per heavy atom. The molecule has 0 spiro atoms. The molecular formula is C22H25NO3. The van der Waals surface area contributed by atoms with Crippen molar-refractivity contribution in [3.05, 3.63) is 47.5 Å². The van der Waals surface area contributed by atoms with Gasteiger partial charge in [0, 0.05) is 18.0 Å². The van der Waals surface area contributed by atoms with Gasteiger partial charge in [0.15, 0.2) is 11.5 Å². The molecule has 136 valence electrons. The molecule has 26 heavy (non-hydrogen) atoms. The Bertz CT molecular complexity index is 809. The second-order valence-electron chi connectivity index (χ2n) is 7.27. The molecule has 0 atom stereocenters. The molecule has 4 rings (SSSR count). The van der Waals surface area contributed by atoms with E-state index in [1.807, 2.05) is 11.0 Å². The summed E-state index contributed by atoms with van der Waals surface area (Å²) in [6.07, 6.45) is 3.22. The van der Waals surface area contributed by atoms with Crippen LogP contribution in [0.3, 0.4) is 0 Å². The van der Waals surface area contributed by atoms with E-state index in [9.17, 15) is 4.79 Å². The van der Waals surface area contributed by atoms with E-state index in [0.29, 0.717) is 19.7 Å². The minimum atomic E-state index is 0.207. The normalized spacial score (nSPS) is 16.9. The largest absolute Gasteiger partial charge is 0.493 e. The topological polar surface area (TPSA) is 38.8 Å². The molecule has 1 aliphatic heterocycles. The van der Waals surface area contributed by atoms with Crippen LogP contribution in [0.15, 0.2) is 36.4 Å². The third-order valence-electron chi connectivity index (χ3n) is 5.47. The number of nitrogens with zero attached hydrogens (tertiary/aromatic N) is 1. The lowest BCUT2D eigenvalue weighted by Gasteiger charge is -2.30. The number of benzene rings is 2. The van der Waals surface area contributed by atoms with E-state index < -0.39 is 0 Å². The zero-order valence-corrected chi connectivity index (χ0v) is 15.5. The number of carbonyl (C=O) groups excluding carboxylic acids is 1. The van der Waals surface area contributed by atoms with Crippen LogP contribution in [0, 0.1) is 12.8 Å². The summed E-state index contributed by atoms with van der Waals surface area (Å²) in [6.45, 7) is 3.80. The Morgan fingerprint density at radius 3 is 2.58 bits per heavy atom. The zero-order valence-electron chi connectivity index (χ0n) is 15.5. The quantitative estimate of drug-likeness (QED) is 0.832. The summed E-state index contributed by atoms with van der Waals surface area (Å²) in [7, 11) is 1.67. The van der Waals surface area contributed by atoms with Crippen LogP contribution in [0.1, 0.15) is 30.4 Å². The van der Waals surface area contributed by atoms with Gasteiger partial charge in [0.1, 0.15) is 6.61 Å². The Kier molecular flexibility index (Phi) is 4.58. The molecule has 1 aliphatic carbocycles. The van der Waals surface area contributed by atoms with Crippen LogP contribution in [0.2, 0.25) is 0 Å². The van der Waals surface area contributed by atoms with E-state index in [-0.39, 0.29) is 11.8 Å². The summed E-state index contributed by atoms with van der Waals surface area (Å²) in [4.78, 5) is 14.7. The van der Waals surface area contributed by atoms with Crippen molar-refractivity contribution in [1.82, 2.24) is 4.90 Å². The van der Waals surface area contributed by atoms with Gasteiger partial charge < -0.3 is 14.4 Å². The van der Waals surface area contributed by atoms with Crippen LogP contribution < -0.4 is 9.47 Å². The van der Waals surface area contributed by atoms with Gasteiger partial charge in [-0.2, -0.15) is 0 Å². The molecule has 1 heterocycles. The van der Waals surface area contributed by atoms with E-state index in [1.54, 1.807) is 7.11 Å². The Balaban J connectivity index is 1.69. The first-order chi connectivity index (χ1) is 12.7. The highest BCUT2D eigenvalue weighted by Gasteiger charge is 2.31. The minimum Gasteiger partial charge on any atom is -0.493 e. The number of amides is 1. The monoisotopic (exact) mass is 351 g/mol. The maximum Gasteiger partial charge on any atom is 0.226 e. The molecule has 2 aliphatic rings. The van der Waals surface area contributed by atoms with Crippen molar-refractivity contribution in [2.45, 2.75) is 32.7 Å². The molecule has 1 saturated carbocycles. The smallest absolute Gasteiger partial charge is 0.226 e. The maximum absolute atomic E-state index is 12.7. The molecule has 0 aromatic heterocycles. The highest BCUT2D eigenvalue weighted by atomic mass is 16.5. The van der Waals surface area contributed by atoms with Crippen LogP contribution >= 0.6 is 0 Å². The van der Waals surface area contributed by atoms with E-state index in [2.05, 4.69) is 37.3 Å². The Morgan fingerprint density at radius 2 is 1.92 bits per heavy atom. The van der Waals surface area contributed by atoms with Crippen molar-refractivity contribution in [3.63, 3.8) is 0 Å². The minimum absolute atomic E-state index is 0.207. The molecule has 0 unspecified atom stereocenters. The number of ether oxygens (including phenoxy) is 2. The standard InChI is InChI=1S/C22H25NO3/c1-15-6-8-16(9-7-15)18-12-19-14-23(22(24)17-4-3-5-17)10-11-26-21(19)20(13-18)25-2/h6-9,12-13,17H,3-5,10-11,14H2,1-2H3. The van der Waals surface area contributed by atoms with Crippen molar-refractivity contribution in [1.29, 1.82) is 0 Å². The van der Waals surface area contributed by atoms with Gasteiger partial charge in [-0.1, -0.05) is 36.2 Å². The summed E-state index contributed by atoms with van der Waals surface area (Å²) < 4.78 is 11.6. The highest BCUT2D eigenvalue weighted by molar-refractivity contribution is 5.80. The van der Waals surface area contributed by atoms with Crippen LogP contribution in [0.25, 0.3) is 11.1 Å². The fourth-order valence-corrected chi connectivity index (χ4v) is 3.65. The first kappa shape index (κ1) is 17.0. The Hall–Kier alpha value is -2.49. The van der Waals surface area contributed by atoms with Crippen molar-refractivity contribution < 1.29 is 14.3 Å². The molecular weight excluding hydrogens is 326 g/mol. The summed E-state index contributed by atoms with van der Waals surface area (Å²) in [5.74, 6) is 1.98. The molecule has 0 radical (unpaired) electrons. The van der Waals surface area contributed by atoms with Gasteiger partial charge in [-0.25, -0.2) is 0 Å². The van der Waals surface area contributed by atoms with Crippen LogP contribution in [0.4, 0.5) is 0 Å². The fourth-order valence-electron chi connectivity index (χ4n) is 3.65. The average molecular weight is 351 g/mol. The maximum atomic E-state index is 12.7. The van der Waals surface area contributed by atoms with Gasteiger partial charge in [-0.15, -0.1) is 0 Å². The molecule has 4 heteroatoms. The second kappa shape index (κ2) is 7.02. The molecule has 0 bridgehead atoms. The van der Waals surface area contributed by atoms with Crippen molar-refractivity contribution >= 4 is 5.91 Å². The highest BCUT2D eigenvalue weighted by Crippen LogP contribution is 2.39. The van der Waals surface area contributed by atoms with E-state index >= 15 is 0 Å². The van der Waals surface area contributed by atoms with E-state index in [0.717, 1.165) is 41.0 Å². The number of rotatable bonds is 3. The first-order valence-electron chi connectivity index (χ1n) is 9.35. The van der Waals surface area contributed by atoms with E-state index in [4.69, 9.17) is 9.47 Å². The molecule has 1 fully saturated rings. The van der Waals surface area contributed by atoms with Crippen molar-refractivity contribution in [2.24, 2.45) is 5.92 Å². The van der Waals surface area contributed by atoms with Crippen LogP contribution in [-0.2, 0) is 11.3 Å². The van der Waals surface area contributed by atoms with Gasteiger partial charge in [-0.05, 0) is 43.0 Å². The van der Waals surface area contributed by atoms with Gasteiger partial charge >= 0.3 is 0 Å². The van der Waals surface area contributed by atoms with Crippen LogP contribution in [-0.4, -0.2) is 31.1 Å². The van der Waals surface area contributed by atoms with Gasteiger partial charge in [0.05, 0.1) is 13.7 Å². The molecule has 4 nitrogen and oxygen atoms in total. The lowest BCUT2D eigenvalue weighted by Crippen LogP contribution is -2.39. The number of hydrogen-bond donors (Lipinski definition) is 0. The summed E-state index contributed by atoms with van der Waals surface area (Å²) >= 11 is 0. The van der Waals surface area contributed by atoms with Gasteiger partial charge in [-0.3, -0.25) is 4.79 Å². The second-order valence-corrected chi connectivity index (χ2v) is 7.27. The lowest BCUT2D eigenvalue weighted by atomic mass is 9.84. The number of aryl methyl sites for hydroxylation is 1. The first-order valence-corrected chi connectivity index (χ1v) is 9.35. The Labute approximate surface area is 154 Å². The predicted molar refractivity (Wildman–Crippen MR) is 101 cm³/mol. The predicted octanol–water partition coefficient (Wildman–Crippen LogP) is 4.19. The summed E-state index contributed by atoms with van der Waals surface area (Å²) in [6, 6.07) is 12.6. The van der Waals surface area contributed by atoms with Crippen molar-refractivity contribution in [3.8, 4) is 22.6 Å².